The summed E-state index contributed by atoms with van der Waals surface area (Å²) < 4.78 is 13.8. The number of hydrogen-bond acceptors (Lipinski definition) is 2. The van der Waals surface area contributed by atoms with Crippen LogP contribution in [0.4, 0.5) is 0 Å². The Morgan fingerprint density at radius 2 is 2.25 bits per heavy atom. The molecule has 0 heterocycles. The Balaban J connectivity index is 3.26. The lowest BCUT2D eigenvalue weighted by molar-refractivity contribution is 0.232. The first kappa shape index (κ1) is 8.11. The molecular formula is C3H8O4P. The SMILES string of the molecule is CC[CH]OP(=O)(O)O. The summed E-state index contributed by atoms with van der Waals surface area (Å²) >= 11 is 0. The standard InChI is InChI=1S/C3H8O4P/c1-2-3-7-8(4,5)6/h3H,2H2,1H3,(H2,4,5,6). The van der Waals surface area contributed by atoms with Crippen molar-refractivity contribution >= 4 is 7.82 Å². The summed E-state index contributed by atoms with van der Waals surface area (Å²) in [5.41, 5.74) is 0. The quantitative estimate of drug-likeness (QED) is 0.564. The largest absolute Gasteiger partial charge is 0.469 e. The maximum absolute atomic E-state index is 9.83. The number of hydrogen-bond donors (Lipinski definition) is 2. The van der Waals surface area contributed by atoms with E-state index in [9.17, 15) is 4.57 Å². The zero-order valence-electron chi connectivity index (χ0n) is 4.44. The molecule has 49 valence electrons. The second kappa shape index (κ2) is 3.20. The highest BCUT2D eigenvalue weighted by atomic mass is 31.2. The molecule has 0 aliphatic rings. The molecule has 0 saturated heterocycles. The Kier molecular flexibility index (Phi) is 3.24. The summed E-state index contributed by atoms with van der Waals surface area (Å²) in [6.45, 7) is 2.79. The van der Waals surface area contributed by atoms with Crippen LogP contribution in [-0.2, 0) is 9.09 Å². The second-order valence-electron chi connectivity index (χ2n) is 1.17. The van der Waals surface area contributed by atoms with E-state index >= 15 is 0 Å². The Labute approximate surface area is 47.7 Å². The van der Waals surface area contributed by atoms with Crippen LogP contribution in [0.5, 0.6) is 0 Å². The molecule has 0 unspecified atom stereocenters. The van der Waals surface area contributed by atoms with E-state index in [1.807, 2.05) is 0 Å². The summed E-state index contributed by atoms with van der Waals surface area (Å²) in [6, 6.07) is 0. The Morgan fingerprint density at radius 1 is 1.75 bits per heavy atom. The topological polar surface area (TPSA) is 66.8 Å². The fourth-order valence-corrected chi connectivity index (χ4v) is 0.515. The highest BCUT2D eigenvalue weighted by Gasteiger charge is 2.11. The van der Waals surface area contributed by atoms with E-state index < -0.39 is 7.82 Å². The van der Waals surface area contributed by atoms with Crippen molar-refractivity contribution in [2.24, 2.45) is 0 Å². The van der Waals surface area contributed by atoms with Gasteiger partial charge in [-0.15, -0.1) is 0 Å². The van der Waals surface area contributed by atoms with Crippen molar-refractivity contribution in [2.45, 2.75) is 13.3 Å². The molecule has 5 heteroatoms. The van der Waals surface area contributed by atoms with Crippen LogP contribution >= 0.6 is 7.82 Å². The Hall–Kier alpha value is 0.110. The Morgan fingerprint density at radius 3 is 2.38 bits per heavy atom. The highest BCUT2D eigenvalue weighted by Crippen LogP contribution is 2.36. The zero-order chi connectivity index (χ0) is 6.62. The van der Waals surface area contributed by atoms with E-state index in [2.05, 4.69) is 4.52 Å². The fraction of sp³-hybridized carbons (Fsp3) is 0.667. The summed E-state index contributed by atoms with van der Waals surface area (Å²) in [6.07, 6.45) is 0.491. The van der Waals surface area contributed by atoms with E-state index in [-0.39, 0.29) is 0 Å². The van der Waals surface area contributed by atoms with Gasteiger partial charge in [-0.2, -0.15) is 0 Å². The van der Waals surface area contributed by atoms with E-state index in [4.69, 9.17) is 9.79 Å². The fourth-order valence-electron chi connectivity index (χ4n) is 0.172. The van der Waals surface area contributed by atoms with Gasteiger partial charge < -0.3 is 9.79 Å². The third-order valence-electron chi connectivity index (χ3n) is 0.379. The molecule has 8 heavy (non-hydrogen) atoms. The molecule has 0 saturated carbocycles. The molecule has 0 bridgehead atoms. The molecule has 0 rings (SSSR count). The highest BCUT2D eigenvalue weighted by molar-refractivity contribution is 7.46. The van der Waals surface area contributed by atoms with Gasteiger partial charge >= 0.3 is 7.82 Å². The van der Waals surface area contributed by atoms with Gasteiger partial charge in [0.2, 0.25) is 0 Å². The first-order valence-electron chi connectivity index (χ1n) is 2.12. The minimum atomic E-state index is -4.24. The molecule has 0 aromatic carbocycles. The van der Waals surface area contributed by atoms with Gasteiger partial charge in [-0.25, -0.2) is 4.57 Å². The first-order chi connectivity index (χ1) is 3.56. The summed E-state index contributed by atoms with van der Waals surface area (Å²) in [4.78, 5) is 16.0. The van der Waals surface area contributed by atoms with Crippen LogP contribution in [0.3, 0.4) is 0 Å². The summed E-state index contributed by atoms with van der Waals surface area (Å²) in [7, 11) is -4.24. The molecule has 2 N–H and O–H groups in total. The van der Waals surface area contributed by atoms with Crippen LogP contribution in [0.15, 0.2) is 0 Å². The van der Waals surface area contributed by atoms with Crippen LogP contribution < -0.4 is 0 Å². The minimum absolute atomic E-state index is 0.491. The molecular weight excluding hydrogens is 131 g/mol. The third kappa shape index (κ3) is 6.11. The van der Waals surface area contributed by atoms with Gasteiger partial charge in [0.05, 0.1) is 6.61 Å². The van der Waals surface area contributed by atoms with Gasteiger partial charge in [0.15, 0.2) is 0 Å². The van der Waals surface area contributed by atoms with Gasteiger partial charge in [0, 0.05) is 0 Å². The molecule has 0 aliphatic heterocycles. The van der Waals surface area contributed by atoms with Crippen molar-refractivity contribution in [1.82, 2.24) is 0 Å². The van der Waals surface area contributed by atoms with Gasteiger partial charge in [-0.3, -0.25) is 4.52 Å². The molecule has 0 aromatic rings. The molecule has 1 radical (unpaired) electrons. The number of phosphoric acid groups is 1. The molecule has 0 aliphatic carbocycles. The molecule has 4 nitrogen and oxygen atoms in total. The van der Waals surface area contributed by atoms with Crippen molar-refractivity contribution in [3.05, 3.63) is 6.61 Å². The smallest absolute Gasteiger partial charge is 0.303 e. The number of rotatable bonds is 3. The molecule has 0 amide bonds. The summed E-state index contributed by atoms with van der Waals surface area (Å²) in [5.74, 6) is 0. The van der Waals surface area contributed by atoms with Crippen molar-refractivity contribution < 1.29 is 18.9 Å². The lowest BCUT2D eigenvalue weighted by atomic mass is 10.5. The van der Waals surface area contributed by atoms with Crippen LogP contribution in [0, 0.1) is 6.61 Å². The monoisotopic (exact) mass is 139 g/mol. The normalized spacial score (nSPS) is 11.9. The van der Waals surface area contributed by atoms with Crippen LogP contribution in [0.2, 0.25) is 0 Å². The Bertz CT molecular complexity index is 95.5. The predicted octanol–water partition coefficient (Wildman–Crippen LogP) is 0.667. The maximum atomic E-state index is 9.83. The van der Waals surface area contributed by atoms with Crippen LogP contribution in [-0.4, -0.2) is 9.79 Å². The van der Waals surface area contributed by atoms with Crippen molar-refractivity contribution in [1.29, 1.82) is 0 Å². The zero-order valence-corrected chi connectivity index (χ0v) is 5.34. The van der Waals surface area contributed by atoms with Gasteiger partial charge in [-0.05, 0) is 6.42 Å². The van der Waals surface area contributed by atoms with E-state index in [1.165, 1.54) is 0 Å². The average Bonchev–Trinajstić information content (AvgIpc) is 1.59. The van der Waals surface area contributed by atoms with E-state index in [1.54, 1.807) is 6.92 Å². The van der Waals surface area contributed by atoms with Crippen LogP contribution in [0.1, 0.15) is 13.3 Å². The molecule has 0 spiro atoms. The maximum Gasteiger partial charge on any atom is 0.469 e. The van der Waals surface area contributed by atoms with Gasteiger partial charge in [0.1, 0.15) is 0 Å². The third-order valence-corrected chi connectivity index (χ3v) is 0.802. The lowest BCUT2D eigenvalue weighted by Crippen LogP contribution is -1.82. The second-order valence-corrected chi connectivity index (χ2v) is 2.36. The van der Waals surface area contributed by atoms with Crippen molar-refractivity contribution in [2.75, 3.05) is 0 Å². The minimum Gasteiger partial charge on any atom is -0.303 e. The van der Waals surface area contributed by atoms with Crippen molar-refractivity contribution in [3.8, 4) is 0 Å². The van der Waals surface area contributed by atoms with Gasteiger partial charge in [0.25, 0.3) is 0 Å². The first-order valence-corrected chi connectivity index (χ1v) is 3.65. The van der Waals surface area contributed by atoms with Crippen molar-refractivity contribution in [3.63, 3.8) is 0 Å². The number of phosphoric ester groups is 1. The van der Waals surface area contributed by atoms with Crippen LogP contribution in [0.25, 0.3) is 0 Å². The lowest BCUT2D eigenvalue weighted by Gasteiger charge is -1.99. The average molecular weight is 139 g/mol. The van der Waals surface area contributed by atoms with E-state index in [0.717, 1.165) is 6.61 Å². The van der Waals surface area contributed by atoms with E-state index in [0.29, 0.717) is 6.42 Å². The molecule has 0 aromatic heterocycles. The summed E-state index contributed by atoms with van der Waals surface area (Å²) in [5, 5.41) is 0. The molecule has 0 fully saturated rings. The van der Waals surface area contributed by atoms with Gasteiger partial charge in [-0.1, -0.05) is 6.92 Å². The molecule has 0 atom stereocenters. The predicted molar refractivity (Wildman–Crippen MR) is 27.7 cm³/mol.